The van der Waals surface area contributed by atoms with Gasteiger partial charge in [-0.2, -0.15) is 4.52 Å². The van der Waals surface area contributed by atoms with Gasteiger partial charge in [-0.05, 0) is 16.0 Å². The number of nitrogens with one attached hydrogen (secondary N) is 1. The summed E-state index contributed by atoms with van der Waals surface area (Å²) in [5.74, 6) is 0. The van der Waals surface area contributed by atoms with E-state index < -0.39 is 6.09 Å². The third-order valence-corrected chi connectivity index (χ3v) is 2.93. The summed E-state index contributed by atoms with van der Waals surface area (Å²) in [6.07, 6.45) is 0.677. The molecule has 0 fully saturated rings. The molecule has 3 aromatic rings. The average molecular weight is 305 g/mol. The highest BCUT2D eigenvalue weighted by atomic mass is 35.5. The minimum absolute atomic E-state index is 0.0777. The SMILES string of the molecule is O=C(Nc1c(Cl)ncn2nnnc12)OCc1ccccc1. The molecule has 0 atom stereocenters. The molecule has 0 unspecified atom stereocenters. The number of hydrogen-bond acceptors (Lipinski definition) is 6. The average Bonchev–Trinajstić information content (AvgIpc) is 2.98. The van der Waals surface area contributed by atoms with E-state index in [9.17, 15) is 4.79 Å². The largest absolute Gasteiger partial charge is 0.444 e. The number of nitrogens with zero attached hydrogens (tertiary/aromatic N) is 5. The maximum Gasteiger partial charge on any atom is 0.412 e. The molecule has 0 aliphatic rings. The number of amides is 1. The Morgan fingerprint density at radius 2 is 2.14 bits per heavy atom. The van der Waals surface area contributed by atoms with E-state index in [1.54, 1.807) is 0 Å². The van der Waals surface area contributed by atoms with Crippen LogP contribution in [0.3, 0.4) is 0 Å². The van der Waals surface area contributed by atoms with Gasteiger partial charge < -0.3 is 4.74 Å². The first-order valence-corrected chi connectivity index (χ1v) is 6.32. The Morgan fingerprint density at radius 3 is 2.95 bits per heavy atom. The van der Waals surface area contributed by atoms with Crippen LogP contribution in [0.4, 0.5) is 10.5 Å². The fourth-order valence-corrected chi connectivity index (χ4v) is 1.84. The van der Waals surface area contributed by atoms with Crippen molar-refractivity contribution in [3.8, 4) is 0 Å². The van der Waals surface area contributed by atoms with Crippen molar-refractivity contribution < 1.29 is 9.53 Å². The van der Waals surface area contributed by atoms with Crippen LogP contribution < -0.4 is 5.32 Å². The molecule has 0 aliphatic heterocycles. The minimum Gasteiger partial charge on any atom is -0.444 e. The van der Waals surface area contributed by atoms with Crippen molar-refractivity contribution in [3.63, 3.8) is 0 Å². The standard InChI is InChI=1S/C12H9ClN6O2/c13-10-9(11-16-17-18-19(11)7-14-10)15-12(20)21-6-8-4-2-1-3-5-8/h1-5,7H,6H2,(H,15,20). The molecule has 3 rings (SSSR count). The van der Waals surface area contributed by atoms with Gasteiger partial charge in [0.05, 0.1) is 0 Å². The summed E-state index contributed by atoms with van der Waals surface area (Å²) in [4.78, 5) is 15.7. The smallest absolute Gasteiger partial charge is 0.412 e. The number of fused-ring (bicyclic) bond motifs is 1. The van der Waals surface area contributed by atoms with Gasteiger partial charge in [0, 0.05) is 0 Å². The molecule has 0 saturated carbocycles. The summed E-state index contributed by atoms with van der Waals surface area (Å²) in [6.45, 7) is 0.145. The highest BCUT2D eigenvalue weighted by Gasteiger charge is 2.14. The lowest BCUT2D eigenvalue weighted by molar-refractivity contribution is 0.155. The minimum atomic E-state index is -0.668. The summed E-state index contributed by atoms with van der Waals surface area (Å²) >= 11 is 5.93. The fourth-order valence-electron chi connectivity index (χ4n) is 1.67. The quantitative estimate of drug-likeness (QED) is 0.743. The van der Waals surface area contributed by atoms with Gasteiger partial charge in [-0.15, -0.1) is 5.10 Å². The molecule has 8 nitrogen and oxygen atoms in total. The first-order valence-electron chi connectivity index (χ1n) is 5.94. The van der Waals surface area contributed by atoms with Crippen molar-refractivity contribution in [3.05, 3.63) is 47.4 Å². The molecule has 0 radical (unpaired) electrons. The van der Waals surface area contributed by atoms with Gasteiger partial charge >= 0.3 is 6.09 Å². The molecular formula is C12H9ClN6O2. The van der Waals surface area contributed by atoms with Crippen LogP contribution in [0.25, 0.3) is 5.65 Å². The lowest BCUT2D eigenvalue weighted by Gasteiger charge is -2.08. The molecule has 9 heteroatoms. The van der Waals surface area contributed by atoms with E-state index in [1.165, 1.54) is 10.8 Å². The van der Waals surface area contributed by atoms with Crippen molar-refractivity contribution in [2.75, 3.05) is 5.32 Å². The lowest BCUT2D eigenvalue weighted by Crippen LogP contribution is -2.15. The topological polar surface area (TPSA) is 94.3 Å². The monoisotopic (exact) mass is 304 g/mol. The predicted molar refractivity (Wildman–Crippen MR) is 73.8 cm³/mol. The number of benzene rings is 1. The second-order valence-corrected chi connectivity index (χ2v) is 4.40. The highest BCUT2D eigenvalue weighted by molar-refractivity contribution is 6.33. The van der Waals surface area contributed by atoms with Gasteiger partial charge in [-0.1, -0.05) is 41.9 Å². The maximum atomic E-state index is 11.8. The van der Waals surface area contributed by atoms with Crippen LogP contribution in [0.15, 0.2) is 36.7 Å². The summed E-state index contributed by atoms with van der Waals surface area (Å²) < 4.78 is 6.39. The second kappa shape index (κ2) is 5.71. The predicted octanol–water partition coefficient (Wildman–Crippen LogP) is 1.92. The Hall–Kier alpha value is -2.74. The van der Waals surface area contributed by atoms with E-state index >= 15 is 0 Å². The number of ether oxygens (including phenoxy) is 1. The van der Waals surface area contributed by atoms with Crippen molar-refractivity contribution in [2.45, 2.75) is 6.61 Å². The van der Waals surface area contributed by atoms with Gasteiger partial charge in [-0.3, -0.25) is 5.32 Å². The highest BCUT2D eigenvalue weighted by Crippen LogP contribution is 2.22. The van der Waals surface area contributed by atoms with Crippen LogP contribution in [0, 0.1) is 0 Å². The van der Waals surface area contributed by atoms with E-state index in [0.717, 1.165) is 5.56 Å². The fraction of sp³-hybridized carbons (Fsp3) is 0.0833. The van der Waals surface area contributed by atoms with Crippen LogP contribution in [-0.4, -0.2) is 31.1 Å². The van der Waals surface area contributed by atoms with Gasteiger partial charge in [0.1, 0.15) is 18.6 Å². The van der Waals surface area contributed by atoms with Crippen LogP contribution in [-0.2, 0) is 11.3 Å². The van der Waals surface area contributed by atoms with Crippen molar-refractivity contribution in [2.24, 2.45) is 0 Å². The van der Waals surface area contributed by atoms with Gasteiger partial charge in [-0.25, -0.2) is 9.78 Å². The van der Waals surface area contributed by atoms with Crippen molar-refractivity contribution in [1.29, 1.82) is 0 Å². The van der Waals surface area contributed by atoms with Crippen molar-refractivity contribution in [1.82, 2.24) is 25.0 Å². The molecule has 2 heterocycles. The molecule has 0 saturated heterocycles. The zero-order valence-corrected chi connectivity index (χ0v) is 11.4. The van der Waals surface area contributed by atoms with E-state index in [0.29, 0.717) is 0 Å². The number of halogens is 1. The number of rotatable bonds is 3. The zero-order chi connectivity index (χ0) is 14.7. The summed E-state index contributed by atoms with van der Waals surface area (Å²) in [5, 5.41) is 13.5. The lowest BCUT2D eigenvalue weighted by atomic mass is 10.2. The number of tetrazole rings is 1. The van der Waals surface area contributed by atoms with Gasteiger partial charge in [0.25, 0.3) is 0 Å². The molecule has 2 aromatic heterocycles. The molecule has 106 valence electrons. The first kappa shape index (κ1) is 13.3. The number of carbonyl (C=O) groups is 1. The molecule has 21 heavy (non-hydrogen) atoms. The van der Waals surface area contributed by atoms with E-state index in [2.05, 4.69) is 25.8 Å². The summed E-state index contributed by atoms with van der Waals surface area (Å²) in [6, 6.07) is 9.31. The molecule has 0 bridgehead atoms. The van der Waals surface area contributed by atoms with E-state index in [4.69, 9.17) is 16.3 Å². The van der Waals surface area contributed by atoms with Crippen LogP contribution >= 0.6 is 11.6 Å². The number of aromatic nitrogens is 5. The van der Waals surface area contributed by atoms with Gasteiger partial charge in [0.2, 0.25) is 5.65 Å². The third-order valence-electron chi connectivity index (χ3n) is 2.64. The number of anilines is 1. The zero-order valence-electron chi connectivity index (χ0n) is 10.6. The summed E-state index contributed by atoms with van der Waals surface area (Å²) in [7, 11) is 0. The third kappa shape index (κ3) is 2.90. The molecule has 1 aromatic carbocycles. The number of hydrogen-bond donors (Lipinski definition) is 1. The van der Waals surface area contributed by atoms with Gasteiger partial charge in [0.15, 0.2) is 5.15 Å². The normalized spacial score (nSPS) is 10.5. The van der Waals surface area contributed by atoms with Crippen LogP contribution in [0.1, 0.15) is 5.56 Å². The number of carbonyl (C=O) groups excluding carboxylic acids is 1. The second-order valence-electron chi connectivity index (χ2n) is 4.04. The Balaban J connectivity index is 1.72. The maximum absolute atomic E-state index is 11.8. The molecular weight excluding hydrogens is 296 g/mol. The van der Waals surface area contributed by atoms with Crippen LogP contribution in [0.2, 0.25) is 5.15 Å². The molecule has 1 amide bonds. The Kier molecular flexibility index (Phi) is 3.61. The Labute approximate surface area is 123 Å². The molecule has 0 aliphatic carbocycles. The molecule has 0 spiro atoms. The summed E-state index contributed by atoms with van der Waals surface area (Å²) in [5.41, 5.74) is 1.35. The van der Waals surface area contributed by atoms with E-state index in [-0.39, 0.29) is 23.1 Å². The Morgan fingerprint density at radius 1 is 1.33 bits per heavy atom. The Bertz CT molecular complexity index is 776. The van der Waals surface area contributed by atoms with Crippen LogP contribution in [0.5, 0.6) is 0 Å². The van der Waals surface area contributed by atoms with E-state index in [1.807, 2.05) is 30.3 Å². The first-order chi connectivity index (χ1) is 10.2. The molecule has 1 N–H and O–H groups in total. The van der Waals surface area contributed by atoms with Crippen molar-refractivity contribution >= 4 is 29.0 Å².